The summed E-state index contributed by atoms with van der Waals surface area (Å²) in [5.74, 6) is 1.03. The molecule has 19 heavy (non-hydrogen) atoms. The van der Waals surface area contributed by atoms with Gasteiger partial charge in [-0.25, -0.2) is 4.39 Å². The van der Waals surface area contributed by atoms with Crippen LogP contribution < -0.4 is 0 Å². The number of halogens is 1. The van der Waals surface area contributed by atoms with Gasteiger partial charge in [0.05, 0.1) is 5.60 Å². The first-order chi connectivity index (χ1) is 8.90. The van der Waals surface area contributed by atoms with Crippen molar-refractivity contribution < 1.29 is 9.50 Å². The molecule has 1 aromatic carbocycles. The highest BCUT2D eigenvalue weighted by molar-refractivity contribution is 5.32. The molecule has 1 aliphatic carbocycles. The number of aryl methyl sites for hydroxylation is 1. The molecular formula is C17H25FO. The van der Waals surface area contributed by atoms with E-state index in [4.69, 9.17) is 0 Å². The maximum absolute atomic E-state index is 13.2. The van der Waals surface area contributed by atoms with Gasteiger partial charge in [-0.1, -0.05) is 26.3 Å². The zero-order valence-corrected chi connectivity index (χ0v) is 12.2. The summed E-state index contributed by atoms with van der Waals surface area (Å²) in [5.41, 5.74) is 1.03. The van der Waals surface area contributed by atoms with Crippen molar-refractivity contribution in [3.05, 3.63) is 35.1 Å². The van der Waals surface area contributed by atoms with Crippen molar-refractivity contribution in [2.24, 2.45) is 11.8 Å². The minimum Gasteiger partial charge on any atom is -0.385 e. The predicted molar refractivity (Wildman–Crippen MR) is 76.4 cm³/mol. The van der Waals surface area contributed by atoms with Crippen molar-refractivity contribution in [2.45, 2.75) is 58.5 Å². The molecule has 0 saturated heterocycles. The summed E-state index contributed by atoms with van der Waals surface area (Å²) in [6, 6.07) is 4.76. The minimum absolute atomic E-state index is 0.223. The fraction of sp³-hybridized carbons (Fsp3) is 0.647. The van der Waals surface area contributed by atoms with Crippen molar-refractivity contribution >= 4 is 0 Å². The highest BCUT2D eigenvalue weighted by Crippen LogP contribution is 2.43. The van der Waals surface area contributed by atoms with E-state index in [1.165, 1.54) is 25.0 Å². The van der Waals surface area contributed by atoms with Gasteiger partial charge in [0.2, 0.25) is 0 Å². The van der Waals surface area contributed by atoms with Crippen molar-refractivity contribution in [1.82, 2.24) is 0 Å². The highest BCUT2D eigenvalue weighted by Gasteiger charge is 2.36. The smallest absolute Gasteiger partial charge is 0.123 e. The lowest BCUT2D eigenvalue weighted by Gasteiger charge is -2.38. The molecule has 2 atom stereocenters. The van der Waals surface area contributed by atoms with E-state index in [0.29, 0.717) is 11.8 Å². The normalized spacial score (nSPS) is 27.8. The summed E-state index contributed by atoms with van der Waals surface area (Å²) in [6.45, 7) is 6.36. The monoisotopic (exact) mass is 264 g/mol. The Labute approximate surface area is 115 Å². The van der Waals surface area contributed by atoms with E-state index in [-0.39, 0.29) is 5.82 Å². The van der Waals surface area contributed by atoms with Crippen molar-refractivity contribution in [3.8, 4) is 0 Å². The second-order valence-electron chi connectivity index (χ2n) is 6.58. The van der Waals surface area contributed by atoms with E-state index in [1.807, 2.05) is 6.92 Å². The first-order valence-corrected chi connectivity index (χ1v) is 7.40. The summed E-state index contributed by atoms with van der Waals surface area (Å²) in [7, 11) is 0. The summed E-state index contributed by atoms with van der Waals surface area (Å²) < 4.78 is 13.2. The van der Waals surface area contributed by atoms with Gasteiger partial charge in [-0.15, -0.1) is 0 Å². The summed E-state index contributed by atoms with van der Waals surface area (Å²) in [4.78, 5) is 0. The fourth-order valence-electron chi connectivity index (χ4n) is 3.63. The quantitative estimate of drug-likeness (QED) is 0.848. The van der Waals surface area contributed by atoms with E-state index >= 15 is 0 Å². The van der Waals surface area contributed by atoms with Crippen LogP contribution in [0.15, 0.2) is 18.2 Å². The molecule has 1 saturated carbocycles. The van der Waals surface area contributed by atoms with Crippen LogP contribution in [-0.4, -0.2) is 5.11 Å². The molecule has 2 heteroatoms. The molecule has 1 aromatic rings. The average Bonchev–Trinajstić information content (AvgIpc) is 2.27. The molecule has 1 nitrogen and oxygen atoms in total. The zero-order valence-electron chi connectivity index (χ0n) is 12.2. The number of rotatable bonds is 3. The van der Waals surface area contributed by atoms with Crippen LogP contribution in [0.5, 0.6) is 0 Å². The Hall–Kier alpha value is -0.890. The molecule has 0 spiro atoms. The van der Waals surface area contributed by atoms with Crippen LogP contribution >= 0.6 is 0 Å². The Morgan fingerprint density at radius 2 is 2.16 bits per heavy atom. The summed E-state index contributed by atoms with van der Waals surface area (Å²) >= 11 is 0. The molecule has 0 bridgehead atoms. The van der Waals surface area contributed by atoms with E-state index in [1.54, 1.807) is 6.07 Å². The van der Waals surface area contributed by atoms with Gasteiger partial charge in [-0.3, -0.25) is 0 Å². The fourth-order valence-corrected chi connectivity index (χ4v) is 3.63. The van der Waals surface area contributed by atoms with Gasteiger partial charge in [-0.2, -0.15) is 0 Å². The van der Waals surface area contributed by atoms with Crippen LogP contribution in [0, 0.1) is 24.6 Å². The molecule has 0 heterocycles. The summed E-state index contributed by atoms with van der Waals surface area (Å²) in [6.07, 6.45) is 5.06. The van der Waals surface area contributed by atoms with E-state index in [9.17, 15) is 9.50 Å². The standard InChI is InChI=1S/C17H25FO/c1-12(2)9-14-5-4-8-17(19,11-14)16-7-6-15(18)10-13(16)3/h6-7,10,12,14,19H,4-5,8-9,11H2,1-3H3. The molecule has 0 radical (unpaired) electrons. The van der Waals surface area contributed by atoms with Crippen LogP contribution in [0.4, 0.5) is 4.39 Å². The minimum atomic E-state index is -0.754. The van der Waals surface area contributed by atoms with E-state index < -0.39 is 5.60 Å². The topological polar surface area (TPSA) is 20.2 Å². The third kappa shape index (κ3) is 3.36. The van der Waals surface area contributed by atoms with E-state index in [0.717, 1.165) is 30.4 Å². The van der Waals surface area contributed by atoms with Crippen LogP contribution in [0.3, 0.4) is 0 Å². The largest absolute Gasteiger partial charge is 0.385 e. The lowest BCUT2D eigenvalue weighted by molar-refractivity contribution is -0.0249. The van der Waals surface area contributed by atoms with Crippen LogP contribution in [0.1, 0.15) is 57.1 Å². The molecule has 1 aliphatic rings. The van der Waals surface area contributed by atoms with Crippen molar-refractivity contribution in [2.75, 3.05) is 0 Å². The molecule has 1 fully saturated rings. The molecule has 0 aromatic heterocycles. The SMILES string of the molecule is Cc1cc(F)ccc1C1(O)CCCC(CC(C)C)C1. The maximum Gasteiger partial charge on any atom is 0.123 e. The third-order valence-corrected chi connectivity index (χ3v) is 4.32. The average molecular weight is 264 g/mol. The van der Waals surface area contributed by atoms with Crippen LogP contribution in [0.2, 0.25) is 0 Å². The Morgan fingerprint density at radius 3 is 2.79 bits per heavy atom. The number of hydrogen-bond donors (Lipinski definition) is 1. The Kier molecular flexibility index (Phi) is 4.29. The Bertz CT molecular complexity index is 441. The maximum atomic E-state index is 13.2. The Balaban J connectivity index is 2.21. The molecule has 0 aliphatic heterocycles. The van der Waals surface area contributed by atoms with Gasteiger partial charge in [0.15, 0.2) is 0 Å². The van der Waals surface area contributed by atoms with Gasteiger partial charge < -0.3 is 5.11 Å². The second kappa shape index (κ2) is 5.62. The number of hydrogen-bond acceptors (Lipinski definition) is 1. The predicted octanol–water partition coefficient (Wildman–Crippen LogP) is 4.56. The first kappa shape index (κ1) is 14.5. The third-order valence-electron chi connectivity index (χ3n) is 4.32. The zero-order chi connectivity index (χ0) is 14.0. The number of benzene rings is 1. The van der Waals surface area contributed by atoms with Gasteiger partial charge in [0, 0.05) is 0 Å². The molecular weight excluding hydrogens is 239 g/mol. The lowest BCUT2D eigenvalue weighted by Crippen LogP contribution is -2.34. The second-order valence-corrected chi connectivity index (χ2v) is 6.58. The van der Waals surface area contributed by atoms with E-state index in [2.05, 4.69) is 13.8 Å². The van der Waals surface area contributed by atoms with Crippen LogP contribution in [0.25, 0.3) is 0 Å². The van der Waals surface area contributed by atoms with Gasteiger partial charge >= 0.3 is 0 Å². The molecule has 106 valence electrons. The molecule has 0 amide bonds. The first-order valence-electron chi connectivity index (χ1n) is 7.40. The molecule has 2 unspecified atom stereocenters. The van der Waals surface area contributed by atoms with Gasteiger partial charge in [0.1, 0.15) is 5.82 Å². The molecule has 1 N–H and O–H groups in total. The Morgan fingerprint density at radius 1 is 1.42 bits per heavy atom. The van der Waals surface area contributed by atoms with Gasteiger partial charge in [-0.05, 0) is 67.7 Å². The number of aliphatic hydroxyl groups is 1. The van der Waals surface area contributed by atoms with Crippen molar-refractivity contribution in [1.29, 1.82) is 0 Å². The van der Waals surface area contributed by atoms with Crippen molar-refractivity contribution in [3.63, 3.8) is 0 Å². The van der Waals surface area contributed by atoms with Crippen LogP contribution in [-0.2, 0) is 5.60 Å². The highest BCUT2D eigenvalue weighted by atomic mass is 19.1. The lowest BCUT2D eigenvalue weighted by atomic mass is 9.71. The summed E-state index contributed by atoms with van der Waals surface area (Å²) in [5, 5.41) is 11.0. The molecule has 2 rings (SSSR count). The van der Waals surface area contributed by atoms with Gasteiger partial charge in [0.25, 0.3) is 0 Å².